The molecule has 1 N–H and O–H groups in total. The van der Waals surface area contributed by atoms with Gasteiger partial charge in [-0.15, -0.1) is 11.3 Å². The third-order valence-electron chi connectivity index (χ3n) is 2.77. The Balaban J connectivity index is 2.00. The SMILES string of the molecule is N#Cc1cc(F)c(Nc2ccc3ncsc3c2)c(F)c1. The number of rotatable bonds is 2. The summed E-state index contributed by atoms with van der Waals surface area (Å²) in [5.41, 5.74) is 2.78. The van der Waals surface area contributed by atoms with Crippen LogP contribution in [0.5, 0.6) is 0 Å². The lowest BCUT2D eigenvalue weighted by Gasteiger charge is -2.09. The number of halogens is 2. The Hall–Kier alpha value is -2.52. The zero-order valence-electron chi connectivity index (χ0n) is 10.0. The molecular weight excluding hydrogens is 280 g/mol. The summed E-state index contributed by atoms with van der Waals surface area (Å²) in [7, 11) is 0. The summed E-state index contributed by atoms with van der Waals surface area (Å²) in [6, 6.07) is 8.93. The summed E-state index contributed by atoms with van der Waals surface area (Å²) >= 11 is 1.44. The van der Waals surface area contributed by atoms with E-state index in [-0.39, 0.29) is 11.3 Å². The summed E-state index contributed by atoms with van der Waals surface area (Å²) in [5, 5.41) is 11.3. The molecule has 20 heavy (non-hydrogen) atoms. The van der Waals surface area contributed by atoms with Crippen molar-refractivity contribution in [2.45, 2.75) is 0 Å². The molecule has 0 aliphatic heterocycles. The van der Waals surface area contributed by atoms with Gasteiger partial charge in [0, 0.05) is 5.69 Å². The first-order valence-corrected chi connectivity index (χ1v) is 6.55. The highest BCUT2D eigenvalue weighted by molar-refractivity contribution is 7.16. The molecule has 0 amide bonds. The molecule has 3 nitrogen and oxygen atoms in total. The van der Waals surface area contributed by atoms with Crippen LogP contribution in [0.4, 0.5) is 20.2 Å². The summed E-state index contributed by atoms with van der Waals surface area (Å²) < 4.78 is 28.5. The fourth-order valence-electron chi connectivity index (χ4n) is 1.83. The summed E-state index contributed by atoms with van der Waals surface area (Å²) in [6.07, 6.45) is 0. The fraction of sp³-hybridized carbons (Fsp3) is 0. The molecule has 0 bridgehead atoms. The number of nitriles is 1. The van der Waals surface area contributed by atoms with Gasteiger partial charge in [0.2, 0.25) is 0 Å². The molecule has 0 saturated heterocycles. The predicted octanol–water partition coefficient (Wildman–Crippen LogP) is 4.19. The zero-order chi connectivity index (χ0) is 14.1. The summed E-state index contributed by atoms with van der Waals surface area (Å²) in [4.78, 5) is 4.13. The Morgan fingerprint density at radius 2 is 1.90 bits per heavy atom. The first-order chi connectivity index (χ1) is 9.67. The van der Waals surface area contributed by atoms with Crippen LogP contribution in [0.1, 0.15) is 5.56 Å². The number of nitrogens with one attached hydrogen (secondary N) is 1. The van der Waals surface area contributed by atoms with Gasteiger partial charge in [-0.05, 0) is 30.3 Å². The van der Waals surface area contributed by atoms with Crippen molar-refractivity contribution in [1.82, 2.24) is 4.98 Å². The lowest BCUT2D eigenvalue weighted by molar-refractivity contribution is 0.590. The molecule has 2 aromatic carbocycles. The zero-order valence-corrected chi connectivity index (χ0v) is 10.8. The highest BCUT2D eigenvalue weighted by Crippen LogP contribution is 2.27. The molecule has 0 radical (unpaired) electrons. The van der Waals surface area contributed by atoms with Gasteiger partial charge in [-0.1, -0.05) is 0 Å². The molecule has 0 aliphatic rings. The van der Waals surface area contributed by atoms with Crippen molar-refractivity contribution in [2.75, 3.05) is 5.32 Å². The van der Waals surface area contributed by atoms with Crippen molar-refractivity contribution in [1.29, 1.82) is 5.26 Å². The average molecular weight is 287 g/mol. The van der Waals surface area contributed by atoms with Crippen molar-refractivity contribution in [2.24, 2.45) is 0 Å². The molecule has 0 fully saturated rings. The molecule has 3 rings (SSSR count). The number of aromatic nitrogens is 1. The molecule has 98 valence electrons. The Morgan fingerprint density at radius 1 is 1.15 bits per heavy atom. The first-order valence-electron chi connectivity index (χ1n) is 5.67. The number of hydrogen-bond donors (Lipinski definition) is 1. The van der Waals surface area contributed by atoms with Gasteiger partial charge in [-0.2, -0.15) is 5.26 Å². The number of thiazole rings is 1. The summed E-state index contributed by atoms with van der Waals surface area (Å²) in [6.45, 7) is 0. The first kappa shape index (κ1) is 12.5. The molecule has 0 aliphatic carbocycles. The number of nitrogens with zero attached hydrogens (tertiary/aromatic N) is 2. The molecule has 0 spiro atoms. The third-order valence-corrected chi connectivity index (χ3v) is 3.56. The van der Waals surface area contributed by atoms with Crippen molar-refractivity contribution < 1.29 is 8.78 Å². The second-order valence-electron chi connectivity index (χ2n) is 4.09. The van der Waals surface area contributed by atoms with Crippen LogP contribution < -0.4 is 5.32 Å². The van der Waals surface area contributed by atoms with Crippen LogP contribution >= 0.6 is 11.3 Å². The van der Waals surface area contributed by atoms with Crippen LogP contribution in [0.3, 0.4) is 0 Å². The lowest BCUT2D eigenvalue weighted by Crippen LogP contribution is -1.98. The highest BCUT2D eigenvalue weighted by atomic mass is 32.1. The van der Waals surface area contributed by atoms with Gasteiger partial charge < -0.3 is 5.32 Å². The maximum absolute atomic E-state index is 13.8. The Morgan fingerprint density at radius 3 is 2.60 bits per heavy atom. The highest BCUT2D eigenvalue weighted by Gasteiger charge is 2.12. The van der Waals surface area contributed by atoms with Crippen LogP contribution in [0.15, 0.2) is 35.8 Å². The van der Waals surface area contributed by atoms with Gasteiger partial charge in [-0.25, -0.2) is 13.8 Å². The van der Waals surface area contributed by atoms with E-state index in [0.717, 1.165) is 22.3 Å². The van der Waals surface area contributed by atoms with Crippen molar-refractivity contribution in [3.8, 4) is 6.07 Å². The number of fused-ring (bicyclic) bond motifs is 1. The van der Waals surface area contributed by atoms with E-state index in [1.54, 1.807) is 29.8 Å². The van der Waals surface area contributed by atoms with Crippen LogP contribution in [-0.4, -0.2) is 4.98 Å². The van der Waals surface area contributed by atoms with Gasteiger partial charge in [0.15, 0.2) is 11.6 Å². The van der Waals surface area contributed by atoms with E-state index in [1.807, 2.05) is 0 Å². The van der Waals surface area contributed by atoms with E-state index < -0.39 is 11.6 Å². The Kier molecular flexibility index (Phi) is 3.05. The molecule has 3 aromatic rings. The van der Waals surface area contributed by atoms with Gasteiger partial charge >= 0.3 is 0 Å². The molecular formula is C14H7F2N3S. The second-order valence-corrected chi connectivity index (χ2v) is 4.97. The van der Waals surface area contributed by atoms with E-state index in [9.17, 15) is 8.78 Å². The summed E-state index contributed by atoms with van der Waals surface area (Å²) in [5.74, 6) is -1.60. The maximum atomic E-state index is 13.8. The van der Waals surface area contributed by atoms with Gasteiger partial charge in [-0.3, -0.25) is 0 Å². The Bertz CT molecular complexity index is 813. The third kappa shape index (κ3) is 2.19. The van der Waals surface area contributed by atoms with Crippen LogP contribution in [0.2, 0.25) is 0 Å². The molecule has 6 heteroatoms. The minimum Gasteiger partial charge on any atom is -0.351 e. The van der Waals surface area contributed by atoms with Crippen molar-refractivity contribution in [3.05, 3.63) is 53.0 Å². The number of anilines is 2. The smallest absolute Gasteiger partial charge is 0.150 e. The normalized spacial score (nSPS) is 10.4. The van der Waals surface area contributed by atoms with Crippen molar-refractivity contribution >= 4 is 32.9 Å². The second kappa shape index (κ2) is 4.87. The predicted molar refractivity (Wildman–Crippen MR) is 74.0 cm³/mol. The van der Waals surface area contributed by atoms with Crippen LogP contribution in [0, 0.1) is 23.0 Å². The fourth-order valence-corrected chi connectivity index (χ4v) is 2.55. The monoisotopic (exact) mass is 287 g/mol. The maximum Gasteiger partial charge on any atom is 0.150 e. The van der Waals surface area contributed by atoms with Crippen LogP contribution in [0.25, 0.3) is 10.2 Å². The minimum atomic E-state index is -0.800. The molecule has 0 atom stereocenters. The van der Waals surface area contributed by atoms with E-state index in [4.69, 9.17) is 5.26 Å². The van der Waals surface area contributed by atoms with Gasteiger partial charge in [0.25, 0.3) is 0 Å². The minimum absolute atomic E-state index is 0.0524. The quantitative estimate of drug-likeness (QED) is 0.768. The Labute approximate surface area is 117 Å². The average Bonchev–Trinajstić information content (AvgIpc) is 2.90. The lowest BCUT2D eigenvalue weighted by atomic mass is 10.2. The molecule has 0 unspecified atom stereocenters. The standard InChI is InChI=1S/C14H7F2N3S/c15-10-3-8(6-17)4-11(16)14(10)19-9-1-2-12-13(5-9)20-7-18-12/h1-5,7,19H. The van der Waals surface area contributed by atoms with Crippen LogP contribution in [-0.2, 0) is 0 Å². The molecule has 1 heterocycles. The van der Waals surface area contributed by atoms with Gasteiger partial charge in [0.05, 0.1) is 27.4 Å². The van der Waals surface area contributed by atoms with E-state index in [2.05, 4.69) is 10.3 Å². The van der Waals surface area contributed by atoms with E-state index >= 15 is 0 Å². The number of hydrogen-bond acceptors (Lipinski definition) is 4. The van der Waals surface area contributed by atoms with E-state index in [1.165, 1.54) is 11.3 Å². The van der Waals surface area contributed by atoms with Crippen molar-refractivity contribution in [3.63, 3.8) is 0 Å². The number of benzene rings is 2. The van der Waals surface area contributed by atoms with E-state index in [0.29, 0.717) is 5.69 Å². The van der Waals surface area contributed by atoms with Gasteiger partial charge in [0.1, 0.15) is 5.69 Å². The molecule has 0 saturated carbocycles. The largest absolute Gasteiger partial charge is 0.351 e. The molecule has 1 aromatic heterocycles. The topological polar surface area (TPSA) is 48.7 Å².